The zero-order valence-electron chi connectivity index (χ0n) is 12.0. The van der Waals surface area contributed by atoms with Crippen molar-refractivity contribution in [2.24, 2.45) is 0 Å². The maximum Gasteiger partial charge on any atom is 0.349 e. The highest BCUT2D eigenvalue weighted by Gasteiger charge is 2.18. The fourth-order valence-corrected chi connectivity index (χ4v) is 3.60. The number of carbonyl (C=O) groups excluding carboxylic acids is 2. The Morgan fingerprint density at radius 3 is 2.92 bits per heavy atom. The molecule has 2 aromatic heterocycles. The van der Waals surface area contributed by atoms with Crippen molar-refractivity contribution in [2.45, 2.75) is 10.7 Å². The molecule has 128 valence electrons. The maximum atomic E-state index is 12.4. The Kier molecular flexibility index (Phi) is 7.13. The number of halogens is 3. The molecule has 0 aromatic carbocycles. The molecule has 1 N–H and O–H groups in total. The number of aromatic nitrogens is 1. The van der Waals surface area contributed by atoms with E-state index in [9.17, 15) is 18.4 Å². The second-order valence-electron chi connectivity index (χ2n) is 4.28. The SMILES string of the molecule is O=C(NCCOC(=O)c1sccc1SC(F)F)c1cncc(Br)c1. The Morgan fingerprint density at radius 1 is 1.42 bits per heavy atom. The van der Waals surface area contributed by atoms with E-state index in [1.165, 1.54) is 12.3 Å². The number of hydrogen-bond acceptors (Lipinski definition) is 6. The molecule has 10 heteroatoms. The van der Waals surface area contributed by atoms with Gasteiger partial charge in [-0.2, -0.15) is 8.78 Å². The van der Waals surface area contributed by atoms with E-state index in [-0.39, 0.29) is 28.8 Å². The van der Waals surface area contributed by atoms with Gasteiger partial charge in [0.1, 0.15) is 11.5 Å². The molecular formula is C14H11BrF2N2O3S2. The van der Waals surface area contributed by atoms with Crippen LogP contribution in [0.3, 0.4) is 0 Å². The normalized spacial score (nSPS) is 10.7. The number of nitrogens with zero attached hydrogens (tertiary/aromatic N) is 1. The molecule has 5 nitrogen and oxygen atoms in total. The summed E-state index contributed by atoms with van der Waals surface area (Å²) in [5.41, 5.74) is 0.365. The van der Waals surface area contributed by atoms with Crippen LogP contribution in [0.2, 0.25) is 0 Å². The summed E-state index contributed by atoms with van der Waals surface area (Å²) in [7, 11) is 0. The predicted molar refractivity (Wildman–Crippen MR) is 90.7 cm³/mol. The number of carbonyl (C=O) groups is 2. The van der Waals surface area contributed by atoms with E-state index in [0.29, 0.717) is 21.8 Å². The van der Waals surface area contributed by atoms with Crippen molar-refractivity contribution in [3.63, 3.8) is 0 Å². The molecule has 0 aliphatic rings. The minimum absolute atomic E-state index is 0.0668. The van der Waals surface area contributed by atoms with Crippen LogP contribution in [-0.2, 0) is 4.74 Å². The van der Waals surface area contributed by atoms with E-state index in [1.807, 2.05) is 0 Å². The number of pyridine rings is 1. The average molecular weight is 437 g/mol. The van der Waals surface area contributed by atoms with Gasteiger partial charge in [0.25, 0.3) is 11.7 Å². The van der Waals surface area contributed by atoms with Gasteiger partial charge in [-0.3, -0.25) is 9.78 Å². The van der Waals surface area contributed by atoms with Gasteiger partial charge >= 0.3 is 5.97 Å². The van der Waals surface area contributed by atoms with Crippen LogP contribution < -0.4 is 5.32 Å². The summed E-state index contributed by atoms with van der Waals surface area (Å²) < 4.78 is 30.4. The van der Waals surface area contributed by atoms with Crippen LogP contribution in [0.25, 0.3) is 0 Å². The molecule has 0 aliphatic heterocycles. The van der Waals surface area contributed by atoms with Gasteiger partial charge in [0.2, 0.25) is 0 Å². The molecule has 0 spiro atoms. The largest absolute Gasteiger partial charge is 0.460 e. The van der Waals surface area contributed by atoms with Crippen molar-refractivity contribution in [1.82, 2.24) is 10.3 Å². The van der Waals surface area contributed by atoms with Crippen molar-refractivity contribution >= 4 is 50.9 Å². The first-order valence-corrected chi connectivity index (χ1v) is 9.11. The minimum atomic E-state index is -2.61. The summed E-state index contributed by atoms with van der Waals surface area (Å²) in [5.74, 6) is -3.65. The van der Waals surface area contributed by atoms with E-state index in [4.69, 9.17) is 4.74 Å². The molecule has 0 unspecified atom stereocenters. The van der Waals surface area contributed by atoms with Crippen LogP contribution in [-0.4, -0.2) is 35.8 Å². The molecular weight excluding hydrogens is 426 g/mol. The van der Waals surface area contributed by atoms with Crippen LogP contribution in [0, 0.1) is 0 Å². The second kappa shape index (κ2) is 9.09. The minimum Gasteiger partial charge on any atom is -0.460 e. The van der Waals surface area contributed by atoms with Gasteiger partial charge in [0.15, 0.2) is 0 Å². The van der Waals surface area contributed by atoms with Gasteiger partial charge in [-0.15, -0.1) is 11.3 Å². The molecule has 0 radical (unpaired) electrons. The number of rotatable bonds is 7. The molecule has 0 atom stereocenters. The molecule has 0 saturated carbocycles. The lowest BCUT2D eigenvalue weighted by Crippen LogP contribution is -2.28. The number of alkyl halides is 2. The molecule has 2 heterocycles. The van der Waals surface area contributed by atoms with Crippen LogP contribution in [0.1, 0.15) is 20.0 Å². The number of amides is 1. The Labute approximate surface area is 152 Å². The fraction of sp³-hybridized carbons (Fsp3) is 0.214. The third kappa shape index (κ3) is 5.53. The number of nitrogens with one attached hydrogen (secondary N) is 1. The van der Waals surface area contributed by atoms with E-state index < -0.39 is 11.7 Å². The van der Waals surface area contributed by atoms with Crippen molar-refractivity contribution in [1.29, 1.82) is 0 Å². The van der Waals surface area contributed by atoms with Crippen LogP contribution in [0.4, 0.5) is 8.78 Å². The molecule has 0 aliphatic carbocycles. The van der Waals surface area contributed by atoms with Gasteiger partial charge in [-0.1, -0.05) is 11.8 Å². The summed E-state index contributed by atoms with van der Waals surface area (Å²) in [4.78, 5) is 27.9. The molecule has 0 saturated heterocycles. The molecule has 0 fully saturated rings. The third-order valence-corrected chi connectivity index (χ3v) is 4.85. The highest BCUT2D eigenvalue weighted by molar-refractivity contribution is 9.10. The summed E-state index contributed by atoms with van der Waals surface area (Å²) in [5, 5.41) is 4.12. The average Bonchev–Trinajstić information content (AvgIpc) is 2.98. The Morgan fingerprint density at radius 2 is 2.21 bits per heavy atom. The second-order valence-corrected chi connectivity index (χ2v) is 7.14. The Bertz CT molecular complexity index is 728. The van der Waals surface area contributed by atoms with Crippen molar-refractivity contribution in [3.8, 4) is 0 Å². The lowest BCUT2D eigenvalue weighted by Gasteiger charge is -2.07. The fourth-order valence-electron chi connectivity index (χ4n) is 1.65. The van der Waals surface area contributed by atoms with Gasteiger partial charge in [-0.05, 0) is 33.4 Å². The molecule has 2 rings (SSSR count). The third-order valence-electron chi connectivity index (χ3n) is 2.62. The Hall–Kier alpha value is -1.52. The van der Waals surface area contributed by atoms with Gasteiger partial charge in [-0.25, -0.2) is 4.79 Å². The summed E-state index contributed by atoms with van der Waals surface area (Å²) in [6.07, 6.45) is 2.96. The maximum absolute atomic E-state index is 12.4. The van der Waals surface area contributed by atoms with E-state index in [1.54, 1.807) is 17.6 Å². The first kappa shape index (κ1) is 18.8. The monoisotopic (exact) mass is 436 g/mol. The smallest absolute Gasteiger partial charge is 0.349 e. The van der Waals surface area contributed by atoms with Crippen LogP contribution in [0.5, 0.6) is 0 Å². The van der Waals surface area contributed by atoms with E-state index >= 15 is 0 Å². The zero-order chi connectivity index (χ0) is 17.5. The number of hydrogen-bond donors (Lipinski definition) is 1. The summed E-state index contributed by atoms with van der Waals surface area (Å²) in [6.45, 7) is 0.0302. The van der Waals surface area contributed by atoms with Crippen molar-refractivity contribution in [2.75, 3.05) is 13.2 Å². The Balaban J connectivity index is 1.79. The topological polar surface area (TPSA) is 68.3 Å². The zero-order valence-corrected chi connectivity index (χ0v) is 15.2. The molecule has 0 bridgehead atoms. The van der Waals surface area contributed by atoms with Crippen LogP contribution >= 0.6 is 39.0 Å². The lowest BCUT2D eigenvalue weighted by molar-refractivity contribution is 0.0505. The molecule has 2 aromatic rings. The lowest BCUT2D eigenvalue weighted by atomic mass is 10.3. The number of ether oxygens (including phenoxy) is 1. The van der Waals surface area contributed by atoms with E-state index in [2.05, 4.69) is 26.2 Å². The van der Waals surface area contributed by atoms with Gasteiger partial charge < -0.3 is 10.1 Å². The summed E-state index contributed by atoms with van der Waals surface area (Å²) >= 11 is 4.54. The van der Waals surface area contributed by atoms with E-state index in [0.717, 1.165) is 11.3 Å². The number of esters is 1. The standard InChI is InChI=1S/C14H11BrF2N2O3S2/c15-9-5-8(6-18-7-9)12(20)19-2-3-22-13(21)11-10(1-4-23-11)24-14(16)17/h1,4-7,14H,2-3H2,(H,19,20). The van der Waals surface area contributed by atoms with Crippen molar-refractivity contribution < 1.29 is 23.1 Å². The first-order chi connectivity index (χ1) is 11.5. The van der Waals surface area contributed by atoms with Gasteiger partial charge in [0, 0.05) is 21.8 Å². The predicted octanol–water partition coefficient (Wildman–Crippen LogP) is 3.81. The first-order valence-electron chi connectivity index (χ1n) is 6.55. The highest BCUT2D eigenvalue weighted by Crippen LogP contribution is 2.32. The number of thioether (sulfide) groups is 1. The molecule has 1 amide bonds. The quantitative estimate of drug-likeness (QED) is 0.406. The van der Waals surface area contributed by atoms with Crippen molar-refractivity contribution in [3.05, 3.63) is 44.8 Å². The van der Waals surface area contributed by atoms with Crippen LogP contribution in [0.15, 0.2) is 39.3 Å². The highest BCUT2D eigenvalue weighted by atomic mass is 79.9. The number of thiophene rings is 1. The molecule has 24 heavy (non-hydrogen) atoms. The summed E-state index contributed by atoms with van der Waals surface area (Å²) in [6, 6.07) is 3.05. The van der Waals surface area contributed by atoms with Gasteiger partial charge in [0.05, 0.1) is 12.1 Å².